The van der Waals surface area contributed by atoms with Crippen molar-refractivity contribution in [1.82, 2.24) is 15.3 Å². The molecule has 1 aliphatic heterocycles. The number of piperidine rings is 1. The number of carbonyl (C=O) groups is 1. The zero-order chi connectivity index (χ0) is 18.7. The molecule has 1 aliphatic rings. The van der Waals surface area contributed by atoms with Crippen molar-refractivity contribution < 1.29 is 14.3 Å². The number of nitrogens with zero attached hydrogens (tertiary/aromatic N) is 4. The Labute approximate surface area is 149 Å². The average molecular weight is 356 g/mol. The van der Waals surface area contributed by atoms with Crippen LogP contribution < -0.4 is 16.0 Å². The van der Waals surface area contributed by atoms with Crippen LogP contribution in [0, 0.1) is 17.1 Å². The summed E-state index contributed by atoms with van der Waals surface area (Å²) in [7, 11) is 0. The molecule has 26 heavy (non-hydrogen) atoms. The summed E-state index contributed by atoms with van der Waals surface area (Å²) in [6, 6.07) is 7.47. The molecule has 1 atom stereocenters. The zero-order valence-corrected chi connectivity index (χ0v) is 13.8. The van der Waals surface area contributed by atoms with Crippen LogP contribution in [-0.2, 0) is 0 Å². The lowest BCUT2D eigenvalue weighted by molar-refractivity contribution is 0.188. The highest BCUT2D eigenvalue weighted by atomic mass is 19.1. The lowest BCUT2D eigenvalue weighted by Gasteiger charge is -2.33. The number of anilines is 2. The highest BCUT2D eigenvalue weighted by molar-refractivity contribution is 5.66. The van der Waals surface area contributed by atoms with Gasteiger partial charge < -0.3 is 21.1 Å². The minimum Gasteiger partial charge on any atom is -0.465 e. The van der Waals surface area contributed by atoms with Crippen LogP contribution in [0.2, 0.25) is 0 Å². The topological polar surface area (TPSA) is 128 Å². The zero-order valence-electron chi connectivity index (χ0n) is 13.8. The number of hydrogen-bond acceptors (Lipinski definition) is 6. The lowest BCUT2D eigenvalue weighted by atomic mass is 10.1. The van der Waals surface area contributed by atoms with E-state index in [-0.39, 0.29) is 17.6 Å². The Bertz CT molecular complexity index is 882. The molecule has 1 aromatic carbocycles. The number of halogens is 1. The summed E-state index contributed by atoms with van der Waals surface area (Å²) in [5.74, 6) is -0.0443. The minimum absolute atomic E-state index is 0.0376. The van der Waals surface area contributed by atoms with E-state index in [1.165, 1.54) is 12.1 Å². The molecule has 4 N–H and O–H groups in total. The van der Waals surface area contributed by atoms with E-state index in [2.05, 4.69) is 15.3 Å². The quantitative estimate of drug-likeness (QED) is 0.767. The van der Waals surface area contributed by atoms with E-state index in [1.54, 1.807) is 18.2 Å². The number of nitrogen functional groups attached to an aromatic ring is 1. The van der Waals surface area contributed by atoms with Crippen LogP contribution in [0.3, 0.4) is 0 Å². The Morgan fingerprint density at radius 2 is 2.23 bits per heavy atom. The molecule has 1 unspecified atom stereocenters. The van der Waals surface area contributed by atoms with Gasteiger partial charge in [0.05, 0.1) is 11.3 Å². The minimum atomic E-state index is -1.06. The number of nitrogens with two attached hydrogens (primary N) is 1. The van der Waals surface area contributed by atoms with E-state index < -0.39 is 11.9 Å². The second kappa shape index (κ2) is 7.23. The van der Waals surface area contributed by atoms with E-state index in [0.29, 0.717) is 30.2 Å². The first-order valence-corrected chi connectivity index (χ1v) is 8.05. The van der Waals surface area contributed by atoms with E-state index in [0.717, 1.165) is 12.8 Å². The molecule has 1 fully saturated rings. The van der Waals surface area contributed by atoms with Crippen molar-refractivity contribution in [3.63, 3.8) is 0 Å². The SMILES string of the molecule is N#Cc1ccc(-c2cc(N3CCCC(NC(=O)O)C3)nc(N)n2)cc1F. The number of nitriles is 1. The summed E-state index contributed by atoms with van der Waals surface area (Å²) in [6.07, 6.45) is 0.486. The Kier molecular flexibility index (Phi) is 4.84. The Morgan fingerprint density at radius 3 is 2.92 bits per heavy atom. The highest BCUT2D eigenvalue weighted by Crippen LogP contribution is 2.26. The predicted octanol–water partition coefficient (Wildman–Crippen LogP) is 1.97. The third-order valence-electron chi connectivity index (χ3n) is 4.19. The van der Waals surface area contributed by atoms with Gasteiger partial charge in [-0.3, -0.25) is 0 Å². The van der Waals surface area contributed by atoms with Crippen molar-refractivity contribution in [2.45, 2.75) is 18.9 Å². The maximum absolute atomic E-state index is 13.9. The molecule has 0 saturated carbocycles. The molecule has 1 saturated heterocycles. The molecule has 134 valence electrons. The summed E-state index contributed by atoms with van der Waals surface area (Å²) in [4.78, 5) is 21.1. The second-order valence-corrected chi connectivity index (χ2v) is 6.01. The first-order valence-electron chi connectivity index (χ1n) is 8.05. The first kappa shape index (κ1) is 17.4. The molecule has 1 aromatic heterocycles. The van der Waals surface area contributed by atoms with Crippen LogP contribution in [0.1, 0.15) is 18.4 Å². The van der Waals surface area contributed by atoms with Crippen molar-refractivity contribution in [1.29, 1.82) is 5.26 Å². The monoisotopic (exact) mass is 356 g/mol. The van der Waals surface area contributed by atoms with Crippen molar-refractivity contribution in [3.05, 3.63) is 35.6 Å². The van der Waals surface area contributed by atoms with Crippen molar-refractivity contribution in [3.8, 4) is 17.3 Å². The molecule has 2 aromatic rings. The Balaban J connectivity index is 1.89. The number of benzene rings is 1. The van der Waals surface area contributed by atoms with Gasteiger partial charge in [-0.1, -0.05) is 6.07 Å². The largest absolute Gasteiger partial charge is 0.465 e. The van der Waals surface area contributed by atoms with Gasteiger partial charge in [-0.2, -0.15) is 10.2 Å². The molecule has 8 nitrogen and oxygen atoms in total. The molecule has 2 heterocycles. The molecule has 9 heteroatoms. The van der Waals surface area contributed by atoms with Crippen LogP contribution in [-0.4, -0.2) is 40.3 Å². The van der Waals surface area contributed by atoms with E-state index in [4.69, 9.17) is 16.1 Å². The lowest BCUT2D eigenvalue weighted by Crippen LogP contribution is -2.47. The van der Waals surface area contributed by atoms with Gasteiger partial charge in [0.1, 0.15) is 17.7 Å². The third-order valence-corrected chi connectivity index (χ3v) is 4.19. The van der Waals surface area contributed by atoms with Gasteiger partial charge in [0.25, 0.3) is 0 Å². The Morgan fingerprint density at radius 1 is 1.42 bits per heavy atom. The van der Waals surface area contributed by atoms with Gasteiger partial charge in [0, 0.05) is 30.8 Å². The number of amides is 1. The summed E-state index contributed by atoms with van der Waals surface area (Å²) in [6.45, 7) is 1.17. The van der Waals surface area contributed by atoms with Gasteiger partial charge in [-0.15, -0.1) is 0 Å². The van der Waals surface area contributed by atoms with E-state index in [1.807, 2.05) is 4.90 Å². The van der Waals surface area contributed by atoms with Gasteiger partial charge in [-0.05, 0) is 25.0 Å². The molecule has 0 aliphatic carbocycles. The van der Waals surface area contributed by atoms with Crippen LogP contribution in [0.15, 0.2) is 24.3 Å². The van der Waals surface area contributed by atoms with Crippen molar-refractivity contribution in [2.24, 2.45) is 0 Å². The fourth-order valence-electron chi connectivity index (χ4n) is 3.01. The normalized spacial score (nSPS) is 16.8. The smallest absolute Gasteiger partial charge is 0.404 e. The molecular weight excluding hydrogens is 339 g/mol. The van der Waals surface area contributed by atoms with Gasteiger partial charge in [0.2, 0.25) is 5.95 Å². The third kappa shape index (κ3) is 3.80. The van der Waals surface area contributed by atoms with Crippen LogP contribution in [0.4, 0.5) is 21.0 Å². The van der Waals surface area contributed by atoms with Gasteiger partial charge >= 0.3 is 6.09 Å². The number of aromatic nitrogens is 2. The molecule has 0 spiro atoms. The number of nitrogens with one attached hydrogen (secondary N) is 1. The van der Waals surface area contributed by atoms with Crippen LogP contribution in [0.5, 0.6) is 0 Å². The number of rotatable bonds is 3. The standard InChI is InChI=1S/C17H17FN6O2/c18-13-6-10(3-4-11(13)8-19)14-7-15(23-16(20)22-14)24-5-1-2-12(9-24)21-17(25)26/h3-4,6-7,12,21H,1-2,5,9H2,(H,25,26)(H2,20,22,23). The molecule has 1 amide bonds. The van der Waals surface area contributed by atoms with Crippen molar-refractivity contribution in [2.75, 3.05) is 23.7 Å². The van der Waals surface area contributed by atoms with Crippen molar-refractivity contribution >= 4 is 17.9 Å². The fraction of sp³-hybridized carbons (Fsp3) is 0.294. The Hall–Kier alpha value is -3.41. The number of carboxylic acid groups (broad SMARTS) is 1. The van der Waals surface area contributed by atoms with E-state index in [9.17, 15) is 9.18 Å². The number of hydrogen-bond donors (Lipinski definition) is 3. The highest BCUT2D eigenvalue weighted by Gasteiger charge is 2.23. The summed E-state index contributed by atoms with van der Waals surface area (Å²) in [5, 5.41) is 20.2. The fourth-order valence-corrected chi connectivity index (χ4v) is 3.01. The summed E-state index contributed by atoms with van der Waals surface area (Å²) in [5.41, 5.74) is 6.68. The van der Waals surface area contributed by atoms with Gasteiger partial charge in [0.15, 0.2) is 0 Å². The van der Waals surface area contributed by atoms with E-state index >= 15 is 0 Å². The van der Waals surface area contributed by atoms with Gasteiger partial charge in [-0.25, -0.2) is 14.2 Å². The molecule has 0 radical (unpaired) electrons. The maximum atomic E-state index is 13.9. The molecule has 0 bridgehead atoms. The maximum Gasteiger partial charge on any atom is 0.404 e. The summed E-state index contributed by atoms with van der Waals surface area (Å²) < 4.78 is 13.9. The summed E-state index contributed by atoms with van der Waals surface area (Å²) >= 11 is 0. The average Bonchev–Trinajstić information content (AvgIpc) is 2.61. The molecular formula is C17H17FN6O2. The molecule has 3 rings (SSSR count). The van der Waals surface area contributed by atoms with Crippen LogP contribution in [0.25, 0.3) is 11.3 Å². The second-order valence-electron chi connectivity index (χ2n) is 6.01. The van der Waals surface area contributed by atoms with Crippen LogP contribution >= 0.6 is 0 Å². The predicted molar refractivity (Wildman–Crippen MR) is 92.9 cm³/mol. The first-order chi connectivity index (χ1) is 12.5.